The van der Waals surface area contributed by atoms with Gasteiger partial charge in [-0.2, -0.15) is 0 Å². The molecule has 1 fully saturated rings. The second kappa shape index (κ2) is 5.47. The van der Waals surface area contributed by atoms with Gasteiger partial charge in [0.25, 0.3) is 0 Å². The lowest BCUT2D eigenvalue weighted by molar-refractivity contribution is -0.00476. The normalized spacial score (nSPS) is 25.4. The van der Waals surface area contributed by atoms with Gasteiger partial charge in [-0.3, -0.25) is 0 Å². The molecule has 1 heterocycles. The van der Waals surface area contributed by atoms with Gasteiger partial charge < -0.3 is 14.7 Å². The Labute approximate surface area is 114 Å². The molecule has 1 aliphatic heterocycles. The number of nitrogens with zero attached hydrogens (tertiary/aromatic N) is 1. The van der Waals surface area contributed by atoms with E-state index in [4.69, 9.17) is 4.74 Å². The van der Waals surface area contributed by atoms with Gasteiger partial charge in [0, 0.05) is 31.5 Å². The summed E-state index contributed by atoms with van der Waals surface area (Å²) >= 11 is 0. The van der Waals surface area contributed by atoms with Gasteiger partial charge in [-0.15, -0.1) is 0 Å². The van der Waals surface area contributed by atoms with Gasteiger partial charge in [-0.1, -0.05) is 0 Å². The molecule has 1 N–H and O–H groups in total. The van der Waals surface area contributed by atoms with Gasteiger partial charge in [0.05, 0.1) is 11.7 Å². The number of benzene rings is 1. The van der Waals surface area contributed by atoms with Gasteiger partial charge >= 0.3 is 0 Å². The topological polar surface area (TPSA) is 32.7 Å². The molecule has 1 unspecified atom stereocenters. The van der Waals surface area contributed by atoms with Crippen molar-refractivity contribution in [1.29, 1.82) is 0 Å². The molecule has 106 valence electrons. The molecule has 0 radical (unpaired) electrons. The molecule has 0 aliphatic carbocycles. The highest BCUT2D eigenvalue weighted by Crippen LogP contribution is 2.32. The number of ether oxygens (including phenoxy) is 1. The Hall–Kier alpha value is -1.13. The second-order valence-electron chi connectivity index (χ2n) is 5.56. The van der Waals surface area contributed by atoms with Crippen LogP contribution in [-0.4, -0.2) is 30.9 Å². The molecule has 19 heavy (non-hydrogen) atoms. The number of methoxy groups -OCH3 is 1. The summed E-state index contributed by atoms with van der Waals surface area (Å²) in [6.45, 7) is 5.42. The Kier molecular flexibility index (Phi) is 4.11. The third-order valence-corrected chi connectivity index (χ3v) is 3.93. The molecule has 1 aromatic carbocycles. The number of halogens is 1. The van der Waals surface area contributed by atoms with Crippen LogP contribution in [-0.2, 0) is 4.74 Å². The summed E-state index contributed by atoms with van der Waals surface area (Å²) in [6.07, 6.45) is 1.37. The van der Waals surface area contributed by atoms with E-state index in [-0.39, 0.29) is 11.4 Å². The first-order valence-electron chi connectivity index (χ1n) is 6.73. The molecule has 0 saturated carbocycles. The fourth-order valence-corrected chi connectivity index (χ4v) is 2.73. The monoisotopic (exact) mass is 267 g/mol. The highest BCUT2D eigenvalue weighted by Gasteiger charge is 2.32. The maximum atomic E-state index is 13.3. The van der Waals surface area contributed by atoms with Crippen LogP contribution in [0.2, 0.25) is 0 Å². The van der Waals surface area contributed by atoms with Crippen molar-refractivity contribution in [1.82, 2.24) is 0 Å². The molecule has 3 nitrogen and oxygen atoms in total. The Balaban J connectivity index is 2.31. The smallest absolute Gasteiger partial charge is 0.123 e. The number of hydrogen-bond acceptors (Lipinski definition) is 3. The summed E-state index contributed by atoms with van der Waals surface area (Å²) in [5.74, 6) is -0.314. The van der Waals surface area contributed by atoms with Crippen molar-refractivity contribution in [2.24, 2.45) is 0 Å². The lowest BCUT2D eigenvalue weighted by Crippen LogP contribution is -2.47. The van der Waals surface area contributed by atoms with Crippen LogP contribution in [0.15, 0.2) is 18.2 Å². The number of aliphatic hydroxyl groups is 1. The molecule has 0 aromatic heterocycles. The van der Waals surface area contributed by atoms with Crippen molar-refractivity contribution in [2.75, 3.05) is 25.1 Å². The van der Waals surface area contributed by atoms with Crippen molar-refractivity contribution >= 4 is 5.69 Å². The molecule has 1 aromatic rings. The van der Waals surface area contributed by atoms with Crippen LogP contribution in [0.1, 0.15) is 38.4 Å². The zero-order chi connectivity index (χ0) is 14.0. The fourth-order valence-electron chi connectivity index (χ4n) is 2.73. The lowest BCUT2D eigenvalue weighted by Gasteiger charge is -2.41. The minimum Gasteiger partial charge on any atom is -0.389 e. The van der Waals surface area contributed by atoms with Crippen molar-refractivity contribution in [3.05, 3.63) is 29.6 Å². The number of rotatable bonds is 3. The van der Waals surface area contributed by atoms with Gasteiger partial charge in [-0.05, 0) is 44.9 Å². The van der Waals surface area contributed by atoms with E-state index >= 15 is 0 Å². The van der Waals surface area contributed by atoms with Crippen LogP contribution in [0.3, 0.4) is 0 Å². The summed E-state index contributed by atoms with van der Waals surface area (Å²) in [6, 6.07) is 4.61. The van der Waals surface area contributed by atoms with E-state index in [1.54, 1.807) is 20.1 Å². The van der Waals surface area contributed by atoms with Crippen molar-refractivity contribution in [3.8, 4) is 0 Å². The quantitative estimate of drug-likeness (QED) is 0.914. The summed E-state index contributed by atoms with van der Waals surface area (Å²) in [5, 5.41) is 9.82. The van der Waals surface area contributed by atoms with E-state index in [2.05, 4.69) is 11.8 Å². The third kappa shape index (κ3) is 3.07. The highest BCUT2D eigenvalue weighted by molar-refractivity contribution is 5.55. The highest BCUT2D eigenvalue weighted by atomic mass is 19.1. The van der Waals surface area contributed by atoms with Crippen molar-refractivity contribution in [2.45, 2.75) is 38.4 Å². The maximum absolute atomic E-state index is 13.3. The number of aliphatic hydroxyl groups excluding tert-OH is 1. The molecular formula is C15H22FNO2. The van der Waals surface area contributed by atoms with E-state index in [0.717, 1.165) is 31.6 Å². The van der Waals surface area contributed by atoms with E-state index in [1.807, 2.05) is 0 Å². The zero-order valence-corrected chi connectivity index (χ0v) is 11.8. The Morgan fingerprint density at radius 1 is 1.47 bits per heavy atom. The largest absolute Gasteiger partial charge is 0.389 e. The molecular weight excluding hydrogens is 245 g/mol. The van der Waals surface area contributed by atoms with E-state index in [9.17, 15) is 9.50 Å². The van der Waals surface area contributed by atoms with E-state index in [0.29, 0.717) is 5.56 Å². The van der Waals surface area contributed by atoms with Crippen LogP contribution in [0, 0.1) is 5.82 Å². The predicted molar refractivity (Wildman–Crippen MR) is 73.9 cm³/mol. The molecule has 0 spiro atoms. The third-order valence-electron chi connectivity index (χ3n) is 3.93. The Morgan fingerprint density at radius 2 is 2.21 bits per heavy atom. The second-order valence-corrected chi connectivity index (χ2v) is 5.56. The van der Waals surface area contributed by atoms with Crippen LogP contribution < -0.4 is 4.90 Å². The fraction of sp³-hybridized carbons (Fsp3) is 0.600. The minimum atomic E-state index is -0.679. The zero-order valence-electron chi connectivity index (χ0n) is 11.8. The first-order chi connectivity index (χ1) is 8.95. The molecule has 0 bridgehead atoms. The van der Waals surface area contributed by atoms with Crippen LogP contribution in [0.5, 0.6) is 0 Å². The van der Waals surface area contributed by atoms with Crippen molar-refractivity contribution < 1.29 is 14.2 Å². The molecule has 1 aliphatic rings. The number of anilines is 1. The van der Waals surface area contributed by atoms with E-state index in [1.165, 1.54) is 12.1 Å². The molecule has 2 rings (SSSR count). The first kappa shape index (κ1) is 14.3. The van der Waals surface area contributed by atoms with Crippen LogP contribution >= 0.6 is 0 Å². The maximum Gasteiger partial charge on any atom is 0.123 e. The van der Waals surface area contributed by atoms with Gasteiger partial charge in [0.2, 0.25) is 0 Å². The summed E-state index contributed by atoms with van der Waals surface area (Å²) in [5.41, 5.74) is 1.36. The number of piperidine rings is 1. The average molecular weight is 267 g/mol. The van der Waals surface area contributed by atoms with Gasteiger partial charge in [0.15, 0.2) is 0 Å². The van der Waals surface area contributed by atoms with Gasteiger partial charge in [-0.25, -0.2) is 4.39 Å². The van der Waals surface area contributed by atoms with Gasteiger partial charge in [0.1, 0.15) is 5.82 Å². The SMILES string of the molecule is COC1(C)CCCN(c2ccc(F)cc2[C@H](C)O)C1. The molecule has 2 atom stereocenters. The summed E-state index contributed by atoms with van der Waals surface area (Å²) in [4.78, 5) is 2.18. The molecule has 4 heteroatoms. The van der Waals surface area contributed by atoms with Crippen molar-refractivity contribution in [3.63, 3.8) is 0 Å². The summed E-state index contributed by atoms with van der Waals surface area (Å²) in [7, 11) is 1.73. The van der Waals surface area contributed by atoms with E-state index < -0.39 is 6.10 Å². The molecule has 1 saturated heterocycles. The average Bonchev–Trinajstić information content (AvgIpc) is 2.38. The van der Waals surface area contributed by atoms with Crippen LogP contribution in [0.4, 0.5) is 10.1 Å². The standard InChI is InChI=1S/C15H22FNO2/c1-11(18)13-9-12(16)5-6-14(13)17-8-4-7-15(2,10-17)19-3/h5-6,9,11,18H,4,7-8,10H2,1-3H3/t11-,15?/m0/s1. The first-order valence-corrected chi connectivity index (χ1v) is 6.73. The molecule has 0 amide bonds. The number of hydrogen-bond donors (Lipinski definition) is 1. The lowest BCUT2D eigenvalue weighted by atomic mass is 9.93. The minimum absolute atomic E-state index is 0.178. The van der Waals surface area contributed by atoms with Crippen LogP contribution in [0.25, 0.3) is 0 Å². The summed E-state index contributed by atoms with van der Waals surface area (Å²) < 4.78 is 18.9. The Morgan fingerprint density at radius 3 is 2.84 bits per heavy atom. The predicted octanol–water partition coefficient (Wildman–Crippen LogP) is 2.88. The Bertz CT molecular complexity index is 450.